The fourth-order valence-corrected chi connectivity index (χ4v) is 4.44. The molecule has 3 aromatic rings. The molecule has 0 saturated heterocycles. The Bertz CT molecular complexity index is 1280. The van der Waals surface area contributed by atoms with Gasteiger partial charge in [0, 0.05) is 6.54 Å². The maximum Gasteiger partial charge on any atom is 0.356 e. The SMILES string of the molecule is NOC(=O)c1ccc(-c2ccc(CCC(O)C(CCN3C(=O)c4ccccc4C3=O)C(=O)O)cc2)cc1. The number of carbonyl (C=O) groups excluding carboxylic acids is 3. The fourth-order valence-electron chi connectivity index (χ4n) is 4.44. The highest BCUT2D eigenvalue weighted by Crippen LogP contribution is 2.25. The van der Waals surface area contributed by atoms with Crippen LogP contribution in [-0.4, -0.2) is 51.5 Å². The molecule has 9 heteroatoms. The fraction of sp³-hybridized carbons (Fsp3) is 0.214. The third-order valence-electron chi connectivity index (χ3n) is 6.57. The summed E-state index contributed by atoms with van der Waals surface area (Å²) >= 11 is 0. The second-order valence-corrected chi connectivity index (χ2v) is 8.83. The summed E-state index contributed by atoms with van der Waals surface area (Å²) in [6.45, 7) is -0.0864. The van der Waals surface area contributed by atoms with Gasteiger partial charge in [0.15, 0.2) is 0 Å². The molecule has 0 bridgehead atoms. The second kappa shape index (κ2) is 11.2. The van der Waals surface area contributed by atoms with E-state index in [0.29, 0.717) is 23.1 Å². The first-order chi connectivity index (χ1) is 17.8. The topological polar surface area (TPSA) is 147 Å². The Balaban J connectivity index is 1.33. The number of carbonyl (C=O) groups is 4. The van der Waals surface area contributed by atoms with Gasteiger partial charge in [0.05, 0.1) is 28.7 Å². The molecule has 1 aliphatic rings. The molecule has 0 saturated carbocycles. The van der Waals surface area contributed by atoms with Crippen molar-refractivity contribution >= 4 is 23.8 Å². The van der Waals surface area contributed by atoms with E-state index < -0.39 is 35.8 Å². The molecule has 2 amide bonds. The predicted octanol–water partition coefficient (Wildman–Crippen LogP) is 3.06. The van der Waals surface area contributed by atoms with Crippen LogP contribution in [0.25, 0.3) is 11.1 Å². The number of carboxylic acid groups (broad SMARTS) is 1. The lowest BCUT2D eigenvalue weighted by Gasteiger charge is -2.22. The zero-order valence-electron chi connectivity index (χ0n) is 19.9. The van der Waals surface area contributed by atoms with Crippen molar-refractivity contribution < 1.29 is 34.2 Å². The average molecular weight is 503 g/mol. The Morgan fingerprint density at radius 2 is 1.38 bits per heavy atom. The van der Waals surface area contributed by atoms with Gasteiger partial charge in [0.1, 0.15) is 0 Å². The monoisotopic (exact) mass is 502 g/mol. The van der Waals surface area contributed by atoms with Crippen LogP contribution in [0.3, 0.4) is 0 Å². The zero-order valence-corrected chi connectivity index (χ0v) is 19.9. The molecule has 2 atom stereocenters. The van der Waals surface area contributed by atoms with Gasteiger partial charge >= 0.3 is 11.9 Å². The van der Waals surface area contributed by atoms with Gasteiger partial charge < -0.3 is 15.1 Å². The summed E-state index contributed by atoms with van der Waals surface area (Å²) in [7, 11) is 0. The first-order valence-corrected chi connectivity index (χ1v) is 11.8. The number of aryl methyl sites for hydroxylation is 1. The summed E-state index contributed by atoms with van der Waals surface area (Å²) < 4.78 is 0. The van der Waals surface area contributed by atoms with Crippen LogP contribution in [-0.2, 0) is 16.1 Å². The number of imide groups is 1. The van der Waals surface area contributed by atoms with Crippen molar-refractivity contribution in [2.24, 2.45) is 11.8 Å². The third kappa shape index (κ3) is 5.58. The number of hydrogen-bond donors (Lipinski definition) is 3. The van der Waals surface area contributed by atoms with Gasteiger partial charge in [-0.15, -0.1) is 0 Å². The summed E-state index contributed by atoms with van der Waals surface area (Å²) in [6, 6.07) is 20.8. The van der Waals surface area contributed by atoms with Crippen LogP contribution in [0.1, 0.15) is 49.5 Å². The molecule has 3 aromatic carbocycles. The molecular formula is C28H26N2O7. The molecule has 1 aliphatic heterocycles. The van der Waals surface area contributed by atoms with Gasteiger partial charge in [0.2, 0.25) is 0 Å². The minimum Gasteiger partial charge on any atom is -0.481 e. The number of nitrogens with zero attached hydrogens (tertiary/aromatic N) is 1. The number of aliphatic hydroxyl groups is 1. The van der Waals surface area contributed by atoms with Gasteiger partial charge in [-0.1, -0.05) is 48.5 Å². The summed E-state index contributed by atoms with van der Waals surface area (Å²) in [4.78, 5) is 53.6. The highest BCUT2D eigenvalue weighted by Gasteiger charge is 2.36. The third-order valence-corrected chi connectivity index (χ3v) is 6.57. The maximum absolute atomic E-state index is 12.5. The minimum atomic E-state index is -1.18. The summed E-state index contributed by atoms with van der Waals surface area (Å²) in [6.07, 6.45) is -0.551. The molecule has 0 radical (unpaired) electrons. The molecule has 1 heterocycles. The van der Waals surface area contributed by atoms with Crippen molar-refractivity contribution in [3.8, 4) is 11.1 Å². The van der Waals surface area contributed by atoms with Gasteiger partial charge in [0.25, 0.3) is 11.8 Å². The number of aliphatic carboxylic acids is 1. The Labute approximate surface area is 213 Å². The molecular weight excluding hydrogens is 476 g/mol. The molecule has 2 unspecified atom stereocenters. The van der Waals surface area contributed by atoms with E-state index in [-0.39, 0.29) is 19.4 Å². The molecule has 0 spiro atoms. The Kier molecular flexibility index (Phi) is 7.76. The summed E-state index contributed by atoms with van der Waals surface area (Å²) in [5.74, 6) is 1.07. The highest BCUT2D eigenvalue weighted by atomic mass is 16.7. The number of amides is 2. The normalized spacial score (nSPS) is 14.3. The molecule has 0 fully saturated rings. The number of rotatable bonds is 10. The van der Waals surface area contributed by atoms with E-state index in [9.17, 15) is 29.4 Å². The average Bonchev–Trinajstić information content (AvgIpc) is 3.16. The highest BCUT2D eigenvalue weighted by molar-refractivity contribution is 6.21. The zero-order chi connectivity index (χ0) is 26.5. The van der Waals surface area contributed by atoms with Crippen LogP contribution in [0.5, 0.6) is 0 Å². The van der Waals surface area contributed by atoms with Crippen molar-refractivity contribution in [2.75, 3.05) is 6.54 Å². The van der Waals surface area contributed by atoms with E-state index in [2.05, 4.69) is 4.84 Å². The number of benzene rings is 3. The van der Waals surface area contributed by atoms with E-state index in [0.717, 1.165) is 21.6 Å². The Morgan fingerprint density at radius 3 is 1.89 bits per heavy atom. The summed E-state index contributed by atoms with van der Waals surface area (Å²) in [5, 5.41) is 20.3. The Morgan fingerprint density at radius 1 is 0.838 bits per heavy atom. The van der Waals surface area contributed by atoms with Gasteiger partial charge in [-0.3, -0.25) is 19.3 Å². The lowest BCUT2D eigenvalue weighted by atomic mass is 9.93. The first-order valence-electron chi connectivity index (χ1n) is 11.8. The van der Waals surface area contributed by atoms with Crippen LogP contribution in [0.15, 0.2) is 72.8 Å². The van der Waals surface area contributed by atoms with Crippen molar-refractivity contribution in [3.05, 3.63) is 95.1 Å². The van der Waals surface area contributed by atoms with Gasteiger partial charge in [-0.05, 0) is 60.2 Å². The van der Waals surface area contributed by atoms with Crippen LogP contribution < -0.4 is 5.90 Å². The van der Waals surface area contributed by atoms with Crippen LogP contribution in [0.2, 0.25) is 0 Å². The summed E-state index contributed by atoms with van der Waals surface area (Å²) in [5.41, 5.74) is 3.67. The van der Waals surface area contributed by atoms with Crippen LogP contribution >= 0.6 is 0 Å². The number of fused-ring (bicyclic) bond motifs is 1. The number of carboxylic acids is 1. The van der Waals surface area contributed by atoms with E-state index in [1.165, 1.54) is 0 Å². The first kappa shape index (κ1) is 25.7. The predicted molar refractivity (Wildman–Crippen MR) is 133 cm³/mol. The standard InChI is InChI=1S/C28H26N2O7/c29-37-28(36)20-12-10-19(11-13-20)18-8-5-17(6-9-18)7-14-24(31)23(27(34)35)15-16-30-25(32)21-3-1-2-4-22(21)26(30)33/h1-6,8-13,23-24,31H,7,14-16,29H2,(H,34,35). The lowest BCUT2D eigenvalue weighted by molar-refractivity contribution is -0.146. The molecule has 9 nitrogen and oxygen atoms in total. The van der Waals surface area contributed by atoms with E-state index in [1.54, 1.807) is 48.5 Å². The molecule has 0 aliphatic carbocycles. The van der Waals surface area contributed by atoms with E-state index in [1.807, 2.05) is 24.3 Å². The van der Waals surface area contributed by atoms with Crippen molar-refractivity contribution in [1.82, 2.24) is 4.90 Å². The minimum absolute atomic E-state index is 0.0470. The van der Waals surface area contributed by atoms with Crippen molar-refractivity contribution in [1.29, 1.82) is 0 Å². The Hall–Kier alpha value is -4.34. The smallest absolute Gasteiger partial charge is 0.356 e. The van der Waals surface area contributed by atoms with E-state index >= 15 is 0 Å². The second-order valence-electron chi connectivity index (χ2n) is 8.83. The van der Waals surface area contributed by atoms with Gasteiger partial charge in [-0.2, -0.15) is 5.90 Å². The quantitative estimate of drug-likeness (QED) is 0.283. The number of nitrogens with two attached hydrogens (primary N) is 1. The maximum atomic E-state index is 12.5. The van der Waals surface area contributed by atoms with Crippen molar-refractivity contribution in [2.45, 2.75) is 25.4 Å². The van der Waals surface area contributed by atoms with Crippen molar-refractivity contribution in [3.63, 3.8) is 0 Å². The van der Waals surface area contributed by atoms with E-state index in [4.69, 9.17) is 5.90 Å². The van der Waals surface area contributed by atoms with Crippen LogP contribution in [0.4, 0.5) is 0 Å². The molecule has 4 rings (SSSR count). The molecule has 190 valence electrons. The molecule has 37 heavy (non-hydrogen) atoms. The number of hydrogen-bond acceptors (Lipinski definition) is 7. The van der Waals surface area contributed by atoms with Gasteiger partial charge in [-0.25, -0.2) is 4.79 Å². The molecule has 4 N–H and O–H groups in total. The number of aliphatic hydroxyl groups excluding tert-OH is 1. The largest absolute Gasteiger partial charge is 0.481 e. The van der Waals surface area contributed by atoms with Crippen LogP contribution in [0, 0.1) is 5.92 Å². The molecule has 0 aromatic heterocycles. The lowest BCUT2D eigenvalue weighted by Crippen LogP contribution is -2.36.